The molecule has 3 atom stereocenters. The molecule has 0 aliphatic carbocycles. The van der Waals surface area contributed by atoms with E-state index in [0.29, 0.717) is 42.6 Å². The van der Waals surface area contributed by atoms with Crippen molar-refractivity contribution in [3.05, 3.63) is 11.4 Å². The molecule has 0 aromatic carbocycles. The Morgan fingerprint density at radius 1 is 1.22 bits per heavy atom. The molecule has 3 fully saturated rings. The van der Waals surface area contributed by atoms with Crippen LogP contribution < -0.4 is 10.6 Å². The third kappa shape index (κ3) is 4.70. The van der Waals surface area contributed by atoms with Gasteiger partial charge in [0.2, 0.25) is 11.9 Å². The number of thiophene rings is 1. The topological polar surface area (TPSA) is 82.6 Å². The number of carbonyl (C=O) groups is 1. The van der Waals surface area contributed by atoms with Crippen molar-refractivity contribution in [2.24, 2.45) is 0 Å². The van der Waals surface area contributed by atoms with Gasteiger partial charge in [-0.1, -0.05) is 0 Å². The van der Waals surface area contributed by atoms with Crippen LogP contribution in [-0.4, -0.2) is 82.7 Å². The van der Waals surface area contributed by atoms with Crippen LogP contribution in [0.15, 0.2) is 11.4 Å². The molecule has 5 heterocycles. The summed E-state index contributed by atoms with van der Waals surface area (Å²) in [5.41, 5.74) is 0. The molecule has 0 radical (unpaired) electrons. The quantitative estimate of drug-likeness (QED) is 0.688. The lowest BCUT2D eigenvalue weighted by Crippen LogP contribution is -2.59. The first-order valence-electron chi connectivity index (χ1n) is 12.0. The number of carbonyl (C=O) groups excluding carboxylic acids is 1. The van der Waals surface area contributed by atoms with E-state index in [0.717, 1.165) is 68.0 Å². The van der Waals surface area contributed by atoms with Crippen LogP contribution in [0.2, 0.25) is 0 Å². The molecule has 1 amide bonds. The smallest absolute Gasteiger partial charge is 0.237 e. The van der Waals surface area contributed by atoms with Crippen molar-refractivity contribution in [1.29, 1.82) is 0 Å². The maximum absolute atomic E-state index is 13.2. The van der Waals surface area contributed by atoms with Gasteiger partial charge in [0.05, 0.1) is 25.1 Å². The van der Waals surface area contributed by atoms with Crippen LogP contribution in [0, 0.1) is 0 Å². The number of ether oxygens (including phenoxy) is 1. The summed E-state index contributed by atoms with van der Waals surface area (Å²) in [6.07, 6.45) is 5.32. The van der Waals surface area contributed by atoms with E-state index >= 15 is 0 Å². The van der Waals surface area contributed by atoms with Gasteiger partial charge in [0.1, 0.15) is 10.6 Å². The van der Waals surface area contributed by atoms with E-state index < -0.39 is 0 Å². The average Bonchev–Trinajstić information content (AvgIpc) is 3.22. The van der Waals surface area contributed by atoms with Crippen molar-refractivity contribution < 1.29 is 9.53 Å². The lowest BCUT2D eigenvalue weighted by molar-refractivity contribution is -0.143. The maximum Gasteiger partial charge on any atom is 0.237 e. The molecule has 9 heteroatoms. The first-order chi connectivity index (χ1) is 15.6. The number of nitrogens with one attached hydrogen (secondary N) is 2. The van der Waals surface area contributed by atoms with Crippen molar-refractivity contribution >= 4 is 39.2 Å². The monoisotopic (exact) mass is 458 g/mol. The molecule has 2 bridgehead atoms. The Balaban J connectivity index is 1.27. The second kappa shape index (κ2) is 9.49. The summed E-state index contributed by atoms with van der Waals surface area (Å²) in [6.45, 7) is 7.94. The Morgan fingerprint density at radius 3 is 2.69 bits per heavy atom. The standard InChI is InChI=1S/C23H34N6O2S/c1-15(2)24-21-19-6-11-32-22(19)27-23(26-21)25-16-12-17-4-3-5-18(13-16)29(17)20(30)14-28-7-9-31-10-8-28/h6,11,15-18H,3-5,7-10,12-14H2,1-2H3,(H2,24,25,26,27)/t16-,17-,18+. The van der Waals surface area contributed by atoms with Crippen LogP contribution in [0.5, 0.6) is 0 Å². The van der Waals surface area contributed by atoms with E-state index in [4.69, 9.17) is 14.7 Å². The number of anilines is 2. The first-order valence-corrected chi connectivity index (χ1v) is 12.8. The minimum Gasteiger partial charge on any atom is -0.379 e. The summed E-state index contributed by atoms with van der Waals surface area (Å²) in [6, 6.07) is 3.31. The Morgan fingerprint density at radius 2 is 1.97 bits per heavy atom. The second-order valence-electron chi connectivity index (χ2n) is 9.58. The highest BCUT2D eigenvalue weighted by atomic mass is 32.1. The molecule has 32 heavy (non-hydrogen) atoms. The number of hydrogen-bond donors (Lipinski definition) is 2. The third-order valence-electron chi connectivity index (χ3n) is 6.81. The van der Waals surface area contributed by atoms with Crippen molar-refractivity contribution in [3.63, 3.8) is 0 Å². The van der Waals surface area contributed by atoms with Gasteiger partial charge in [-0.3, -0.25) is 9.69 Å². The molecule has 3 aliphatic heterocycles. The fourth-order valence-corrected chi connectivity index (χ4v) is 6.19. The summed E-state index contributed by atoms with van der Waals surface area (Å²) < 4.78 is 5.43. The normalized spacial score (nSPS) is 26.5. The van der Waals surface area contributed by atoms with Crippen LogP contribution in [0.1, 0.15) is 46.0 Å². The molecule has 0 spiro atoms. The highest BCUT2D eigenvalue weighted by molar-refractivity contribution is 7.16. The highest BCUT2D eigenvalue weighted by Gasteiger charge is 2.41. The third-order valence-corrected chi connectivity index (χ3v) is 7.62. The summed E-state index contributed by atoms with van der Waals surface area (Å²) >= 11 is 1.64. The Bertz CT molecular complexity index is 930. The molecular weight excluding hydrogens is 424 g/mol. The SMILES string of the molecule is CC(C)Nc1nc(N[C@@H]2C[C@H]3CCC[C@@H](C2)N3C(=O)CN2CCOCC2)nc2sccc12. The zero-order valence-corrected chi connectivity index (χ0v) is 19.9. The van der Waals surface area contributed by atoms with Crippen LogP contribution in [0.3, 0.4) is 0 Å². The number of nitrogens with zero attached hydrogens (tertiary/aromatic N) is 4. The largest absolute Gasteiger partial charge is 0.379 e. The zero-order chi connectivity index (χ0) is 22.1. The summed E-state index contributed by atoms with van der Waals surface area (Å²) in [7, 11) is 0. The Kier molecular flexibility index (Phi) is 6.48. The highest BCUT2D eigenvalue weighted by Crippen LogP contribution is 2.36. The Hall–Kier alpha value is -1.97. The molecule has 2 aromatic heterocycles. The van der Waals surface area contributed by atoms with Crippen LogP contribution in [-0.2, 0) is 9.53 Å². The summed E-state index contributed by atoms with van der Waals surface area (Å²) in [5, 5.41) is 10.2. The van der Waals surface area contributed by atoms with E-state index in [-0.39, 0.29) is 0 Å². The molecule has 3 saturated heterocycles. The lowest BCUT2D eigenvalue weighted by Gasteiger charge is -2.49. The first kappa shape index (κ1) is 21.9. The fraction of sp³-hybridized carbons (Fsp3) is 0.696. The second-order valence-corrected chi connectivity index (χ2v) is 10.5. The van der Waals surface area contributed by atoms with E-state index in [1.165, 1.54) is 6.42 Å². The van der Waals surface area contributed by atoms with Crippen LogP contribution in [0.25, 0.3) is 10.2 Å². The van der Waals surface area contributed by atoms with Gasteiger partial charge in [-0.15, -0.1) is 11.3 Å². The summed E-state index contributed by atoms with van der Waals surface area (Å²) in [4.78, 5) is 28.2. The van der Waals surface area contributed by atoms with E-state index in [1.807, 2.05) is 0 Å². The van der Waals surface area contributed by atoms with Gasteiger partial charge < -0.3 is 20.3 Å². The molecule has 3 aliphatic rings. The Labute approximate surface area is 193 Å². The lowest BCUT2D eigenvalue weighted by atomic mass is 9.81. The maximum atomic E-state index is 13.2. The molecule has 174 valence electrons. The average molecular weight is 459 g/mol. The molecule has 0 saturated carbocycles. The minimum absolute atomic E-state index is 0.291. The molecule has 5 rings (SSSR count). The van der Waals surface area contributed by atoms with E-state index in [9.17, 15) is 4.79 Å². The van der Waals surface area contributed by atoms with Crippen molar-refractivity contribution in [2.45, 2.75) is 70.1 Å². The number of aromatic nitrogens is 2. The molecule has 0 unspecified atom stereocenters. The van der Waals surface area contributed by atoms with Crippen LogP contribution >= 0.6 is 11.3 Å². The van der Waals surface area contributed by atoms with Gasteiger partial charge in [-0.05, 0) is 57.4 Å². The predicted molar refractivity (Wildman–Crippen MR) is 128 cm³/mol. The number of rotatable bonds is 6. The van der Waals surface area contributed by atoms with Gasteiger partial charge in [0.15, 0.2) is 0 Å². The van der Waals surface area contributed by atoms with E-state index in [2.05, 4.69) is 45.7 Å². The van der Waals surface area contributed by atoms with Gasteiger partial charge in [0, 0.05) is 37.3 Å². The van der Waals surface area contributed by atoms with Gasteiger partial charge in [0.25, 0.3) is 0 Å². The predicted octanol–water partition coefficient (Wildman–Crippen LogP) is 3.17. The molecular formula is C23H34N6O2S. The zero-order valence-electron chi connectivity index (χ0n) is 19.0. The van der Waals surface area contributed by atoms with Gasteiger partial charge >= 0.3 is 0 Å². The van der Waals surface area contributed by atoms with Crippen molar-refractivity contribution in [2.75, 3.05) is 43.5 Å². The minimum atomic E-state index is 0.291. The van der Waals surface area contributed by atoms with Gasteiger partial charge in [-0.25, -0.2) is 4.98 Å². The van der Waals surface area contributed by atoms with Crippen molar-refractivity contribution in [1.82, 2.24) is 19.8 Å². The number of fused-ring (bicyclic) bond motifs is 3. The van der Waals surface area contributed by atoms with Crippen molar-refractivity contribution in [3.8, 4) is 0 Å². The fourth-order valence-electron chi connectivity index (χ4n) is 5.42. The molecule has 2 N–H and O–H groups in total. The number of hydrogen-bond acceptors (Lipinski definition) is 8. The summed E-state index contributed by atoms with van der Waals surface area (Å²) in [5.74, 6) is 1.88. The number of amides is 1. The number of morpholine rings is 1. The van der Waals surface area contributed by atoms with E-state index in [1.54, 1.807) is 11.3 Å². The van der Waals surface area contributed by atoms with Gasteiger partial charge in [-0.2, -0.15) is 4.98 Å². The molecule has 8 nitrogen and oxygen atoms in total. The molecule has 2 aromatic rings. The number of piperidine rings is 2. The van der Waals surface area contributed by atoms with Crippen LogP contribution in [0.4, 0.5) is 11.8 Å².